The van der Waals surface area contributed by atoms with Crippen LogP contribution in [0.4, 0.5) is 0 Å². The molecule has 1 aliphatic heterocycles. The summed E-state index contributed by atoms with van der Waals surface area (Å²) in [6.07, 6.45) is -0.690. The smallest absolute Gasteiger partial charge is 0.328 e. The van der Waals surface area contributed by atoms with E-state index in [0.29, 0.717) is 0 Å². The molecule has 2 atom stereocenters. The van der Waals surface area contributed by atoms with Crippen LogP contribution in [0.15, 0.2) is 21.9 Å². The molecule has 0 saturated carbocycles. The van der Waals surface area contributed by atoms with Gasteiger partial charge in [0.25, 0.3) is 5.56 Å². The van der Waals surface area contributed by atoms with Gasteiger partial charge in [0.1, 0.15) is 6.54 Å². The van der Waals surface area contributed by atoms with Crippen molar-refractivity contribution in [1.82, 2.24) is 14.5 Å². The number of rotatable bonds is 2. The molecule has 1 fully saturated rings. The summed E-state index contributed by atoms with van der Waals surface area (Å²) in [6.45, 7) is -0.161. The highest BCUT2D eigenvalue weighted by molar-refractivity contribution is 5.76. The number of carbonyl (C=O) groups excluding carboxylic acids is 1. The van der Waals surface area contributed by atoms with Crippen molar-refractivity contribution in [2.24, 2.45) is 0 Å². The number of hydrogen-bond donors (Lipinski definition) is 3. The van der Waals surface area contributed by atoms with Gasteiger partial charge in [0, 0.05) is 25.4 Å². The van der Waals surface area contributed by atoms with E-state index in [1.54, 1.807) is 0 Å². The number of nitrogens with zero attached hydrogens (tertiary/aromatic N) is 2. The lowest BCUT2D eigenvalue weighted by molar-refractivity contribution is -0.131. The van der Waals surface area contributed by atoms with Crippen molar-refractivity contribution in [2.45, 2.75) is 18.8 Å². The summed E-state index contributed by atoms with van der Waals surface area (Å²) >= 11 is 0. The average molecular weight is 255 g/mol. The zero-order chi connectivity index (χ0) is 13.3. The molecule has 1 aliphatic rings. The molecule has 1 amide bonds. The molecule has 0 radical (unpaired) electrons. The minimum Gasteiger partial charge on any atom is -0.388 e. The lowest BCUT2D eigenvalue weighted by atomic mass is 10.3. The number of aromatic amines is 1. The van der Waals surface area contributed by atoms with Gasteiger partial charge in [-0.15, -0.1) is 0 Å². The van der Waals surface area contributed by atoms with Crippen LogP contribution in [0.1, 0.15) is 0 Å². The second-order valence-corrected chi connectivity index (χ2v) is 4.17. The van der Waals surface area contributed by atoms with Gasteiger partial charge in [0.15, 0.2) is 0 Å². The maximum Gasteiger partial charge on any atom is 0.328 e. The number of carbonyl (C=O) groups is 1. The molecule has 1 aromatic heterocycles. The standard InChI is InChI=1S/C10H13N3O5/c14-6-3-13(4-7(6)15)9(17)5-12-2-1-8(16)11-10(12)18/h1-2,6-7,14-15H,3-5H2,(H,11,16,18)/t6-,7+. The van der Waals surface area contributed by atoms with Crippen molar-refractivity contribution in [1.29, 1.82) is 0 Å². The molecular formula is C10H13N3O5. The topological polar surface area (TPSA) is 116 Å². The molecule has 0 unspecified atom stereocenters. The van der Waals surface area contributed by atoms with E-state index in [4.69, 9.17) is 0 Å². The minimum absolute atomic E-state index is 0.0398. The zero-order valence-corrected chi connectivity index (χ0v) is 9.44. The Morgan fingerprint density at radius 2 is 1.94 bits per heavy atom. The summed E-state index contributed by atoms with van der Waals surface area (Å²) in [4.78, 5) is 37.3. The van der Waals surface area contributed by atoms with Crippen LogP contribution in [-0.2, 0) is 11.3 Å². The van der Waals surface area contributed by atoms with E-state index in [1.807, 2.05) is 4.98 Å². The highest BCUT2D eigenvalue weighted by Gasteiger charge is 2.32. The third-order valence-electron chi connectivity index (χ3n) is 2.81. The summed E-state index contributed by atoms with van der Waals surface area (Å²) in [5, 5.41) is 18.6. The minimum atomic E-state index is -0.957. The summed E-state index contributed by atoms with van der Waals surface area (Å²) in [7, 11) is 0. The van der Waals surface area contributed by atoms with E-state index in [9.17, 15) is 24.6 Å². The van der Waals surface area contributed by atoms with E-state index in [-0.39, 0.29) is 19.6 Å². The highest BCUT2D eigenvalue weighted by Crippen LogP contribution is 2.10. The number of amides is 1. The lowest BCUT2D eigenvalue weighted by Gasteiger charge is -2.15. The van der Waals surface area contributed by atoms with Gasteiger partial charge < -0.3 is 15.1 Å². The van der Waals surface area contributed by atoms with Crippen LogP contribution in [0.5, 0.6) is 0 Å². The first-order valence-electron chi connectivity index (χ1n) is 5.41. The monoisotopic (exact) mass is 255 g/mol. The number of aromatic nitrogens is 2. The number of aliphatic hydroxyl groups is 2. The molecule has 2 rings (SSSR count). The molecular weight excluding hydrogens is 242 g/mol. The Kier molecular flexibility index (Phi) is 3.30. The van der Waals surface area contributed by atoms with Crippen LogP contribution in [0, 0.1) is 0 Å². The maximum atomic E-state index is 11.8. The van der Waals surface area contributed by atoms with Crippen LogP contribution in [0.2, 0.25) is 0 Å². The number of aliphatic hydroxyl groups excluding tert-OH is 2. The first-order chi connectivity index (χ1) is 8.47. The quantitative estimate of drug-likeness (QED) is 0.524. The van der Waals surface area contributed by atoms with Gasteiger partial charge in [-0.25, -0.2) is 4.79 Å². The van der Waals surface area contributed by atoms with Crippen molar-refractivity contribution in [2.75, 3.05) is 13.1 Å². The Morgan fingerprint density at radius 3 is 2.50 bits per heavy atom. The fraction of sp³-hybridized carbons (Fsp3) is 0.500. The van der Waals surface area contributed by atoms with Gasteiger partial charge >= 0.3 is 5.69 Å². The van der Waals surface area contributed by atoms with Crippen molar-refractivity contribution in [3.8, 4) is 0 Å². The molecule has 3 N–H and O–H groups in total. The van der Waals surface area contributed by atoms with Gasteiger partial charge in [-0.2, -0.15) is 0 Å². The van der Waals surface area contributed by atoms with E-state index in [0.717, 1.165) is 10.6 Å². The fourth-order valence-corrected chi connectivity index (χ4v) is 1.79. The van der Waals surface area contributed by atoms with Crippen LogP contribution < -0.4 is 11.2 Å². The molecule has 98 valence electrons. The van der Waals surface area contributed by atoms with Crippen molar-refractivity contribution in [3.63, 3.8) is 0 Å². The first kappa shape index (κ1) is 12.5. The normalized spacial score (nSPS) is 23.3. The van der Waals surface area contributed by atoms with E-state index < -0.39 is 29.4 Å². The van der Waals surface area contributed by atoms with E-state index >= 15 is 0 Å². The number of β-amino-alcohol motifs (C(OH)–C–C–N with tert-alkyl or cyclic N) is 2. The predicted molar refractivity (Wildman–Crippen MR) is 59.9 cm³/mol. The van der Waals surface area contributed by atoms with Gasteiger partial charge in [0.05, 0.1) is 12.2 Å². The van der Waals surface area contributed by atoms with Crippen molar-refractivity contribution < 1.29 is 15.0 Å². The third kappa shape index (κ3) is 2.49. The SMILES string of the molecule is O=C(Cn1ccc(=O)[nH]c1=O)N1C[C@@H](O)[C@@H](O)C1. The zero-order valence-electron chi connectivity index (χ0n) is 9.44. The lowest BCUT2D eigenvalue weighted by Crippen LogP contribution is -2.37. The van der Waals surface area contributed by atoms with Gasteiger partial charge in [-0.1, -0.05) is 0 Å². The first-order valence-corrected chi connectivity index (χ1v) is 5.41. The second kappa shape index (κ2) is 4.75. The molecule has 1 aromatic rings. The summed E-state index contributed by atoms with van der Waals surface area (Å²) in [6, 6.07) is 1.14. The van der Waals surface area contributed by atoms with Gasteiger partial charge in [0.2, 0.25) is 5.91 Å². The van der Waals surface area contributed by atoms with E-state index in [1.165, 1.54) is 11.1 Å². The van der Waals surface area contributed by atoms with Crippen molar-refractivity contribution in [3.05, 3.63) is 33.1 Å². The van der Waals surface area contributed by atoms with Crippen LogP contribution in [-0.4, -0.2) is 55.9 Å². The Hall–Kier alpha value is -1.93. The van der Waals surface area contributed by atoms with Crippen molar-refractivity contribution >= 4 is 5.91 Å². The Morgan fingerprint density at radius 1 is 1.33 bits per heavy atom. The van der Waals surface area contributed by atoms with Gasteiger partial charge in [-0.05, 0) is 0 Å². The molecule has 0 bridgehead atoms. The van der Waals surface area contributed by atoms with Gasteiger partial charge in [-0.3, -0.25) is 19.1 Å². The van der Waals surface area contributed by atoms with E-state index in [2.05, 4.69) is 0 Å². The molecule has 18 heavy (non-hydrogen) atoms. The third-order valence-corrected chi connectivity index (χ3v) is 2.81. The molecule has 0 aliphatic carbocycles. The summed E-state index contributed by atoms with van der Waals surface area (Å²) in [5.74, 6) is -0.403. The van der Waals surface area contributed by atoms with Crippen LogP contribution in [0.25, 0.3) is 0 Å². The fourth-order valence-electron chi connectivity index (χ4n) is 1.79. The second-order valence-electron chi connectivity index (χ2n) is 4.17. The number of nitrogens with one attached hydrogen (secondary N) is 1. The maximum absolute atomic E-state index is 11.8. The molecule has 0 spiro atoms. The number of H-pyrrole nitrogens is 1. The number of likely N-dealkylation sites (tertiary alicyclic amines) is 1. The Bertz CT molecular complexity index is 553. The Balaban J connectivity index is 2.08. The average Bonchev–Trinajstić information content (AvgIpc) is 2.63. The molecule has 8 heteroatoms. The van der Waals surface area contributed by atoms with Crippen LogP contribution in [0.3, 0.4) is 0 Å². The molecule has 0 aromatic carbocycles. The largest absolute Gasteiger partial charge is 0.388 e. The Labute approximate surface area is 101 Å². The summed E-state index contributed by atoms with van der Waals surface area (Å²) < 4.78 is 1.06. The van der Waals surface area contributed by atoms with Crippen LogP contribution >= 0.6 is 0 Å². The summed E-state index contributed by atoms with van der Waals surface area (Å²) in [5.41, 5.74) is -1.20. The highest BCUT2D eigenvalue weighted by atomic mass is 16.3. The molecule has 8 nitrogen and oxygen atoms in total. The molecule has 1 saturated heterocycles. The number of hydrogen-bond acceptors (Lipinski definition) is 5. The predicted octanol–water partition coefficient (Wildman–Crippen LogP) is -2.90. The molecule has 2 heterocycles.